The van der Waals surface area contributed by atoms with E-state index in [0.29, 0.717) is 17.7 Å². The van der Waals surface area contributed by atoms with Crippen LogP contribution in [0.3, 0.4) is 0 Å². The fourth-order valence-corrected chi connectivity index (χ4v) is 4.18. The van der Waals surface area contributed by atoms with Gasteiger partial charge in [0.2, 0.25) is 5.91 Å². The summed E-state index contributed by atoms with van der Waals surface area (Å²) in [7, 11) is 0. The highest BCUT2D eigenvalue weighted by Crippen LogP contribution is 2.24. The lowest BCUT2D eigenvalue weighted by Gasteiger charge is -2.27. The highest BCUT2D eigenvalue weighted by atomic mass is 32.2. The van der Waals surface area contributed by atoms with Gasteiger partial charge in [0.1, 0.15) is 5.82 Å². The quantitative estimate of drug-likeness (QED) is 0.804. The Hall–Kier alpha value is -1.82. The van der Waals surface area contributed by atoms with Crippen molar-refractivity contribution in [2.24, 2.45) is 5.92 Å². The molecule has 0 radical (unpaired) electrons. The monoisotopic (exact) mass is 358 g/mol. The number of aromatic nitrogens is 3. The number of hydrogen-bond donors (Lipinski definition) is 1. The standard InChI is InChI=1S/C19H26N4OS/c1-14-7-6-10-17(11-14)20-18(24)13-25-19-22-21-15(2)23(19)12-16-8-4-3-5-9-16/h3-5,8-9,14,17H,6-7,10-13H2,1-2H3,(H,20,24). The Labute approximate surface area is 153 Å². The predicted octanol–water partition coefficient (Wildman–Crippen LogP) is 3.42. The third kappa shape index (κ3) is 5.08. The zero-order chi connectivity index (χ0) is 17.6. The van der Waals surface area contributed by atoms with Crippen LogP contribution in [0.1, 0.15) is 44.0 Å². The van der Waals surface area contributed by atoms with Crippen LogP contribution in [-0.4, -0.2) is 32.5 Å². The third-order valence-corrected chi connectivity index (χ3v) is 5.69. The van der Waals surface area contributed by atoms with Crippen LogP contribution in [0.15, 0.2) is 35.5 Å². The Morgan fingerprint density at radius 3 is 2.84 bits per heavy atom. The van der Waals surface area contributed by atoms with E-state index in [0.717, 1.165) is 30.4 Å². The van der Waals surface area contributed by atoms with Crippen molar-refractivity contribution in [2.45, 2.75) is 57.3 Å². The molecular weight excluding hydrogens is 332 g/mol. The maximum absolute atomic E-state index is 12.3. The molecule has 1 aliphatic rings. The van der Waals surface area contributed by atoms with Gasteiger partial charge in [0.15, 0.2) is 5.16 Å². The SMILES string of the molecule is Cc1nnc(SCC(=O)NC2CCCC(C)C2)n1Cc1ccccc1. The van der Waals surface area contributed by atoms with E-state index in [1.165, 1.54) is 30.2 Å². The molecule has 3 rings (SSSR count). The van der Waals surface area contributed by atoms with Crippen molar-refractivity contribution in [1.29, 1.82) is 0 Å². The number of thioether (sulfide) groups is 1. The average molecular weight is 359 g/mol. The minimum absolute atomic E-state index is 0.0935. The number of carbonyl (C=O) groups is 1. The van der Waals surface area contributed by atoms with Gasteiger partial charge in [-0.15, -0.1) is 10.2 Å². The molecule has 0 aliphatic heterocycles. The minimum atomic E-state index is 0.0935. The Morgan fingerprint density at radius 1 is 1.28 bits per heavy atom. The zero-order valence-electron chi connectivity index (χ0n) is 14.9. The first kappa shape index (κ1) is 18.0. The van der Waals surface area contributed by atoms with Gasteiger partial charge in [-0.1, -0.05) is 61.9 Å². The van der Waals surface area contributed by atoms with Gasteiger partial charge in [-0.3, -0.25) is 4.79 Å². The number of rotatable bonds is 6. The Morgan fingerprint density at radius 2 is 2.08 bits per heavy atom. The lowest BCUT2D eigenvalue weighted by atomic mass is 9.87. The van der Waals surface area contributed by atoms with Gasteiger partial charge in [0.25, 0.3) is 0 Å². The van der Waals surface area contributed by atoms with E-state index >= 15 is 0 Å². The second-order valence-electron chi connectivity index (χ2n) is 6.93. The number of hydrogen-bond acceptors (Lipinski definition) is 4. The van der Waals surface area contributed by atoms with E-state index < -0.39 is 0 Å². The van der Waals surface area contributed by atoms with Crippen molar-refractivity contribution in [3.8, 4) is 0 Å². The molecule has 0 spiro atoms. The predicted molar refractivity (Wildman–Crippen MR) is 101 cm³/mol. The molecule has 134 valence electrons. The van der Waals surface area contributed by atoms with E-state index in [1.54, 1.807) is 0 Å². The molecule has 1 aromatic heterocycles. The number of nitrogens with one attached hydrogen (secondary N) is 1. The van der Waals surface area contributed by atoms with Crippen LogP contribution in [0.2, 0.25) is 0 Å². The largest absolute Gasteiger partial charge is 0.353 e. The van der Waals surface area contributed by atoms with Crippen molar-refractivity contribution >= 4 is 17.7 Å². The zero-order valence-corrected chi connectivity index (χ0v) is 15.8. The van der Waals surface area contributed by atoms with Gasteiger partial charge in [-0.2, -0.15) is 0 Å². The normalized spacial score (nSPS) is 20.4. The molecule has 1 aromatic carbocycles. The molecular formula is C19H26N4OS. The number of amides is 1. The van der Waals surface area contributed by atoms with Crippen LogP contribution in [0.25, 0.3) is 0 Å². The van der Waals surface area contributed by atoms with E-state index in [-0.39, 0.29) is 5.91 Å². The second kappa shape index (κ2) is 8.52. The van der Waals surface area contributed by atoms with E-state index in [4.69, 9.17) is 0 Å². The van der Waals surface area contributed by atoms with Crippen molar-refractivity contribution in [3.63, 3.8) is 0 Å². The highest BCUT2D eigenvalue weighted by Gasteiger charge is 2.21. The summed E-state index contributed by atoms with van der Waals surface area (Å²) >= 11 is 1.46. The Kier molecular flexibility index (Phi) is 6.13. The summed E-state index contributed by atoms with van der Waals surface area (Å²) in [5, 5.41) is 12.4. The number of benzene rings is 1. The Bertz CT molecular complexity index is 701. The average Bonchev–Trinajstić information content (AvgIpc) is 2.94. The van der Waals surface area contributed by atoms with Gasteiger partial charge in [-0.25, -0.2) is 0 Å². The summed E-state index contributed by atoms with van der Waals surface area (Å²) in [6.07, 6.45) is 4.69. The molecule has 1 heterocycles. The van der Waals surface area contributed by atoms with Crippen LogP contribution in [0.5, 0.6) is 0 Å². The lowest BCUT2D eigenvalue weighted by Crippen LogP contribution is -2.38. The van der Waals surface area contributed by atoms with Gasteiger partial charge >= 0.3 is 0 Å². The molecule has 2 aromatic rings. The van der Waals surface area contributed by atoms with Crippen LogP contribution >= 0.6 is 11.8 Å². The van der Waals surface area contributed by atoms with Gasteiger partial charge in [0.05, 0.1) is 12.3 Å². The smallest absolute Gasteiger partial charge is 0.230 e. The van der Waals surface area contributed by atoms with Crippen molar-refractivity contribution in [2.75, 3.05) is 5.75 Å². The molecule has 6 heteroatoms. The topological polar surface area (TPSA) is 59.8 Å². The maximum atomic E-state index is 12.3. The van der Waals surface area contributed by atoms with Crippen molar-refractivity contribution in [1.82, 2.24) is 20.1 Å². The molecule has 1 amide bonds. The molecule has 1 saturated carbocycles. The fraction of sp³-hybridized carbons (Fsp3) is 0.526. The molecule has 0 bridgehead atoms. The molecule has 2 atom stereocenters. The second-order valence-corrected chi connectivity index (χ2v) is 7.87. The lowest BCUT2D eigenvalue weighted by molar-refractivity contribution is -0.119. The molecule has 1 fully saturated rings. The molecule has 25 heavy (non-hydrogen) atoms. The van der Waals surface area contributed by atoms with Crippen molar-refractivity contribution < 1.29 is 4.79 Å². The third-order valence-electron chi connectivity index (χ3n) is 4.72. The first-order valence-electron chi connectivity index (χ1n) is 8.97. The first-order valence-corrected chi connectivity index (χ1v) is 9.96. The van der Waals surface area contributed by atoms with Crippen LogP contribution in [0, 0.1) is 12.8 Å². The van der Waals surface area contributed by atoms with E-state index in [2.05, 4.69) is 39.1 Å². The van der Waals surface area contributed by atoms with E-state index in [1.807, 2.05) is 25.1 Å². The minimum Gasteiger partial charge on any atom is -0.353 e. The van der Waals surface area contributed by atoms with Gasteiger partial charge < -0.3 is 9.88 Å². The maximum Gasteiger partial charge on any atom is 0.230 e. The summed E-state index contributed by atoms with van der Waals surface area (Å²) in [6, 6.07) is 10.6. The number of nitrogens with zero attached hydrogens (tertiary/aromatic N) is 3. The van der Waals surface area contributed by atoms with E-state index in [9.17, 15) is 4.79 Å². The molecule has 0 saturated heterocycles. The summed E-state index contributed by atoms with van der Waals surface area (Å²) in [4.78, 5) is 12.3. The summed E-state index contributed by atoms with van der Waals surface area (Å²) in [6.45, 7) is 4.94. The van der Waals surface area contributed by atoms with Crippen molar-refractivity contribution in [3.05, 3.63) is 41.7 Å². The first-order chi connectivity index (χ1) is 12.1. The Balaban J connectivity index is 1.55. The molecule has 2 unspecified atom stereocenters. The van der Waals surface area contributed by atoms with Crippen LogP contribution in [0.4, 0.5) is 0 Å². The fourth-order valence-electron chi connectivity index (χ4n) is 3.38. The number of aryl methyl sites for hydroxylation is 1. The summed E-state index contributed by atoms with van der Waals surface area (Å²) in [5.41, 5.74) is 1.20. The number of carbonyl (C=O) groups excluding carboxylic acids is 1. The highest BCUT2D eigenvalue weighted by molar-refractivity contribution is 7.99. The van der Waals surface area contributed by atoms with Crippen LogP contribution in [-0.2, 0) is 11.3 Å². The van der Waals surface area contributed by atoms with Crippen LogP contribution < -0.4 is 5.32 Å². The summed E-state index contributed by atoms with van der Waals surface area (Å²) < 4.78 is 2.07. The summed E-state index contributed by atoms with van der Waals surface area (Å²) in [5.74, 6) is 2.06. The van der Waals surface area contributed by atoms with Gasteiger partial charge in [-0.05, 0) is 31.2 Å². The molecule has 1 aliphatic carbocycles. The molecule has 1 N–H and O–H groups in total. The van der Waals surface area contributed by atoms with Gasteiger partial charge in [0, 0.05) is 6.04 Å². The molecule has 5 nitrogen and oxygen atoms in total.